The molecule has 0 bridgehead atoms. The number of benzene rings is 2. The van der Waals surface area contributed by atoms with Crippen LogP contribution in [0.25, 0.3) is 0 Å². The number of carbonyl (C=O) groups is 1. The van der Waals surface area contributed by atoms with E-state index in [1.807, 2.05) is 12.1 Å². The number of likely N-dealkylation sites (tertiary alicyclic amines) is 1. The van der Waals surface area contributed by atoms with Gasteiger partial charge in [0.1, 0.15) is 23.4 Å². The number of carbonyl (C=O) groups excluding carboxylic acids is 1. The first-order chi connectivity index (χ1) is 15.4. The molecule has 0 spiro atoms. The first-order valence-corrected chi connectivity index (χ1v) is 10.8. The minimum atomic E-state index is -0.246. The lowest BCUT2D eigenvalue weighted by molar-refractivity contribution is -0.0261. The molecule has 0 saturated carbocycles. The van der Waals surface area contributed by atoms with E-state index in [2.05, 4.69) is 10.2 Å². The van der Waals surface area contributed by atoms with Crippen LogP contribution >= 0.6 is 11.6 Å². The third kappa shape index (κ3) is 6.18. The summed E-state index contributed by atoms with van der Waals surface area (Å²) in [4.78, 5) is 16.2. The zero-order valence-electron chi connectivity index (χ0n) is 18.6. The maximum atomic E-state index is 12.6. The molecule has 0 radical (unpaired) electrons. The largest absolute Gasteiger partial charge is 0.497 e. The van der Waals surface area contributed by atoms with Crippen LogP contribution in [0.4, 0.5) is 10.5 Å². The van der Waals surface area contributed by atoms with E-state index in [9.17, 15) is 9.90 Å². The maximum absolute atomic E-state index is 12.6. The number of halogens is 1. The van der Waals surface area contributed by atoms with E-state index in [0.29, 0.717) is 35.2 Å². The van der Waals surface area contributed by atoms with Crippen molar-refractivity contribution in [2.75, 3.05) is 52.4 Å². The maximum Gasteiger partial charge on any atom is 0.321 e. The van der Waals surface area contributed by atoms with Crippen LogP contribution in [0.2, 0.25) is 5.02 Å². The highest BCUT2D eigenvalue weighted by atomic mass is 35.5. The number of aliphatic hydroxyl groups excluding tert-OH is 1. The van der Waals surface area contributed by atoms with Crippen LogP contribution in [0.3, 0.4) is 0 Å². The average molecular weight is 464 g/mol. The molecular weight excluding hydrogens is 434 g/mol. The first-order valence-electron chi connectivity index (χ1n) is 10.4. The van der Waals surface area contributed by atoms with Gasteiger partial charge in [-0.1, -0.05) is 11.6 Å². The Morgan fingerprint density at radius 3 is 2.34 bits per heavy atom. The molecule has 2 N–H and O–H groups in total. The van der Waals surface area contributed by atoms with Crippen molar-refractivity contribution >= 4 is 23.3 Å². The summed E-state index contributed by atoms with van der Waals surface area (Å²) in [5, 5.41) is 13.4. The topological polar surface area (TPSA) is 83.5 Å². The number of urea groups is 1. The molecule has 1 atom stereocenters. The minimum Gasteiger partial charge on any atom is -0.497 e. The SMILES string of the molecule is COc1cc(OC)cc(N(C)C(=O)NCC[C@@H](CO)N2CC(Oc3ccc(Cl)cc3)C2)c1. The summed E-state index contributed by atoms with van der Waals surface area (Å²) in [7, 11) is 4.81. The highest BCUT2D eigenvalue weighted by Crippen LogP contribution is 2.28. The van der Waals surface area contributed by atoms with Crippen molar-refractivity contribution in [3.05, 3.63) is 47.5 Å². The second-order valence-electron chi connectivity index (χ2n) is 7.63. The Labute approximate surface area is 193 Å². The van der Waals surface area contributed by atoms with Gasteiger partial charge in [0.25, 0.3) is 0 Å². The molecule has 0 aliphatic carbocycles. The van der Waals surface area contributed by atoms with Crippen molar-refractivity contribution in [3.63, 3.8) is 0 Å². The Hall–Kier alpha value is -2.68. The lowest BCUT2D eigenvalue weighted by Crippen LogP contribution is -2.59. The Bertz CT molecular complexity index is 867. The van der Waals surface area contributed by atoms with E-state index in [0.717, 1.165) is 18.8 Å². The van der Waals surface area contributed by atoms with E-state index < -0.39 is 0 Å². The van der Waals surface area contributed by atoms with E-state index in [1.165, 1.54) is 4.90 Å². The summed E-state index contributed by atoms with van der Waals surface area (Å²) >= 11 is 5.90. The number of methoxy groups -OCH3 is 2. The van der Waals surface area contributed by atoms with Gasteiger partial charge in [0.05, 0.1) is 26.5 Å². The predicted molar refractivity (Wildman–Crippen MR) is 124 cm³/mol. The summed E-state index contributed by atoms with van der Waals surface area (Å²) in [6.07, 6.45) is 0.708. The summed E-state index contributed by atoms with van der Waals surface area (Å²) in [6, 6.07) is 12.3. The third-order valence-corrected chi connectivity index (χ3v) is 5.75. The van der Waals surface area contributed by atoms with Gasteiger partial charge in [0.2, 0.25) is 0 Å². The van der Waals surface area contributed by atoms with Gasteiger partial charge in [0.15, 0.2) is 0 Å². The number of rotatable bonds is 10. The standard InChI is InChI=1S/C23H30ClN3O5/c1-26(18-10-20(30-2)12-21(11-18)31-3)23(29)25-9-8-17(15-28)27-13-22(14-27)32-19-6-4-16(24)5-7-19/h4-7,10-12,17,22,28H,8-9,13-15H2,1-3H3,(H,25,29)/t17-/m0/s1. The molecule has 1 aliphatic rings. The fourth-order valence-electron chi connectivity index (χ4n) is 3.50. The highest BCUT2D eigenvalue weighted by molar-refractivity contribution is 6.30. The molecule has 32 heavy (non-hydrogen) atoms. The van der Waals surface area contributed by atoms with Gasteiger partial charge in [-0.05, 0) is 30.7 Å². The quantitative estimate of drug-likeness (QED) is 0.563. The van der Waals surface area contributed by atoms with Crippen LogP contribution in [-0.4, -0.2) is 75.7 Å². The average Bonchev–Trinajstić information content (AvgIpc) is 2.79. The van der Waals surface area contributed by atoms with Gasteiger partial charge >= 0.3 is 6.03 Å². The molecule has 2 aromatic carbocycles. The van der Waals surface area contributed by atoms with Crippen LogP contribution in [0, 0.1) is 0 Å². The van der Waals surface area contributed by atoms with Crippen LogP contribution in [0.5, 0.6) is 17.2 Å². The highest BCUT2D eigenvalue weighted by Gasteiger charge is 2.33. The number of hydrogen-bond donors (Lipinski definition) is 2. The molecule has 2 amide bonds. The molecular formula is C23H30ClN3O5. The molecule has 2 aromatic rings. The molecule has 8 nitrogen and oxygen atoms in total. The zero-order chi connectivity index (χ0) is 23.1. The molecule has 1 saturated heterocycles. The fourth-order valence-corrected chi connectivity index (χ4v) is 3.63. The molecule has 0 unspecified atom stereocenters. The normalized spacial score (nSPS) is 14.9. The van der Waals surface area contributed by atoms with Crippen LogP contribution < -0.4 is 24.4 Å². The predicted octanol–water partition coefficient (Wildman–Crippen LogP) is 3.02. The van der Waals surface area contributed by atoms with Crippen LogP contribution in [0.1, 0.15) is 6.42 Å². The summed E-state index contributed by atoms with van der Waals surface area (Å²) < 4.78 is 16.4. The van der Waals surface area contributed by atoms with Crippen molar-refractivity contribution in [2.24, 2.45) is 0 Å². The minimum absolute atomic E-state index is 0.0203. The summed E-state index contributed by atoms with van der Waals surface area (Å²) in [6.45, 7) is 1.91. The van der Waals surface area contributed by atoms with E-state index in [1.54, 1.807) is 51.6 Å². The van der Waals surface area contributed by atoms with Crippen molar-refractivity contribution < 1.29 is 24.1 Å². The van der Waals surface area contributed by atoms with Gasteiger partial charge in [-0.15, -0.1) is 0 Å². The Morgan fingerprint density at radius 1 is 1.16 bits per heavy atom. The molecule has 0 aromatic heterocycles. The van der Waals surface area contributed by atoms with Crippen LogP contribution in [0.15, 0.2) is 42.5 Å². The second-order valence-corrected chi connectivity index (χ2v) is 8.07. The van der Waals surface area contributed by atoms with E-state index >= 15 is 0 Å². The van der Waals surface area contributed by atoms with Gasteiger partial charge in [-0.2, -0.15) is 0 Å². The molecule has 1 fully saturated rings. The van der Waals surface area contributed by atoms with Crippen molar-refractivity contribution in [2.45, 2.75) is 18.6 Å². The Morgan fingerprint density at radius 2 is 1.78 bits per heavy atom. The molecule has 1 aliphatic heterocycles. The number of nitrogens with one attached hydrogen (secondary N) is 1. The number of amides is 2. The number of hydrogen-bond acceptors (Lipinski definition) is 6. The Balaban J connectivity index is 1.43. The van der Waals surface area contributed by atoms with Gasteiger partial charge in [-0.25, -0.2) is 4.79 Å². The zero-order valence-corrected chi connectivity index (χ0v) is 19.3. The number of anilines is 1. The first kappa shape index (κ1) is 24.0. The van der Waals surface area contributed by atoms with Crippen molar-refractivity contribution in [1.82, 2.24) is 10.2 Å². The summed E-state index contributed by atoms with van der Waals surface area (Å²) in [5.41, 5.74) is 0.655. The van der Waals surface area contributed by atoms with Gasteiger partial charge < -0.3 is 24.6 Å². The Kier molecular flexibility index (Phi) is 8.44. The van der Waals surface area contributed by atoms with Crippen molar-refractivity contribution in [1.29, 1.82) is 0 Å². The van der Waals surface area contributed by atoms with Gasteiger partial charge in [-0.3, -0.25) is 9.80 Å². The molecule has 3 rings (SSSR count). The lowest BCUT2D eigenvalue weighted by atomic mass is 10.1. The van der Waals surface area contributed by atoms with E-state index in [-0.39, 0.29) is 24.8 Å². The van der Waals surface area contributed by atoms with Crippen LogP contribution in [-0.2, 0) is 0 Å². The van der Waals surface area contributed by atoms with E-state index in [4.69, 9.17) is 25.8 Å². The summed E-state index contributed by atoms with van der Waals surface area (Å²) in [5.74, 6) is 1.99. The fraction of sp³-hybridized carbons (Fsp3) is 0.435. The third-order valence-electron chi connectivity index (χ3n) is 5.50. The number of ether oxygens (including phenoxy) is 3. The second kappa shape index (κ2) is 11.3. The smallest absolute Gasteiger partial charge is 0.321 e. The van der Waals surface area contributed by atoms with Gasteiger partial charge in [0, 0.05) is 55.9 Å². The lowest BCUT2D eigenvalue weighted by Gasteiger charge is -2.43. The monoisotopic (exact) mass is 463 g/mol. The molecule has 9 heteroatoms. The number of nitrogens with zero attached hydrogens (tertiary/aromatic N) is 2. The molecule has 174 valence electrons. The molecule has 1 heterocycles. The number of aliphatic hydroxyl groups is 1. The van der Waals surface area contributed by atoms with Crippen molar-refractivity contribution in [3.8, 4) is 17.2 Å².